The van der Waals surface area contributed by atoms with Crippen LogP contribution in [0.2, 0.25) is 0 Å². The lowest BCUT2D eigenvalue weighted by Crippen LogP contribution is -2.44. The van der Waals surface area contributed by atoms with Crippen molar-refractivity contribution in [1.82, 2.24) is 20.2 Å². The first-order chi connectivity index (χ1) is 9.92. The highest BCUT2D eigenvalue weighted by Crippen LogP contribution is 2.05. The van der Waals surface area contributed by atoms with Gasteiger partial charge in [0.2, 0.25) is 0 Å². The fourth-order valence-electron chi connectivity index (χ4n) is 1.94. The quantitative estimate of drug-likeness (QED) is 0.794. The third-order valence-electron chi connectivity index (χ3n) is 2.80. The van der Waals surface area contributed by atoms with Crippen molar-refractivity contribution in [2.45, 2.75) is 33.2 Å². The van der Waals surface area contributed by atoms with E-state index >= 15 is 0 Å². The highest BCUT2D eigenvalue weighted by atomic mass is 16.5. The molecule has 0 saturated heterocycles. The molecule has 7 heteroatoms. The number of hydrogen-bond donors (Lipinski definition) is 2. The molecule has 2 amide bonds. The van der Waals surface area contributed by atoms with Crippen LogP contribution in [0.15, 0.2) is 12.5 Å². The highest BCUT2D eigenvalue weighted by molar-refractivity contribution is 5.92. The van der Waals surface area contributed by atoms with Crippen molar-refractivity contribution >= 4 is 12.0 Å². The third kappa shape index (κ3) is 6.29. The van der Waals surface area contributed by atoms with Gasteiger partial charge in [0.05, 0.1) is 12.9 Å². The zero-order valence-electron chi connectivity index (χ0n) is 13.0. The second-order valence-electron chi connectivity index (χ2n) is 5.33. The standard InChI is InChI=1S/C14H24N4O3/c1-5-21-14(20)17-11(6-10(2)3)7-15-13(19)12-8-18(4)9-16-12/h8-11H,5-7H2,1-4H3,(H,15,19)(H,17,20)/t11-/m1/s1. The van der Waals surface area contributed by atoms with Crippen molar-refractivity contribution in [3.8, 4) is 0 Å². The van der Waals surface area contributed by atoms with Crippen LogP contribution in [0.3, 0.4) is 0 Å². The van der Waals surface area contributed by atoms with E-state index in [9.17, 15) is 9.59 Å². The van der Waals surface area contributed by atoms with Gasteiger partial charge in [0.1, 0.15) is 5.69 Å². The number of carbonyl (C=O) groups excluding carboxylic acids is 2. The molecule has 0 radical (unpaired) electrons. The number of amides is 2. The topological polar surface area (TPSA) is 85.3 Å². The van der Waals surface area contributed by atoms with E-state index in [1.807, 2.05) is 0 Å². The average Bonchev–Trinajstić information content (AvgIpc) is 2.82. The van der Waals surface area contributed by atoms with Gasteiger partial charge in [0.15, 0.2) is 0 Å². The fraction of sp³-hybridized carbons (Fsp3) is 0.643. The van der Waals surface area contributed by atoms with E-state index in [0.717, 1.165) is 6.42 Å². The second-order valence-corrected chi connectivity index (χ2v) is 5.33. The van der Waals surface area contributed by atoms with Gasteiger partial charge in [-0.15, -0.1) is 0 Å². The lowest BCUT2D eigenvalue weighted by Gasteiger charge is -2.20. The number of alkyl carbamates (subject to hydrolysis) is 1. The third-order valence-corrected chi connectivity index (χ3v) is 2.80. The smallest absolute Gasteiger partial charge is 0.407 e. The van der Waals surface area contributed by atoms with Crippen molar-refractivity contribution in [2.24, 2.45) is 13.0 Å². The van der Waals surface area contributed by atoms with Gasteiger partial charge in [-0.2, -0.15) is 0 Å². The first kappa shape index (κ1) is 17.0. The number of nitrogens with one attached hydrogen (secondary N) is 2. The maximum atomic E-state index is 11.9. The molecule has 0 fully saturated rings. The van der Waals surface area contributed by atoms with Gasteiger partial charge in [-0.05, 0) is 19.3 Å². The number of ether oxygens (including phenoxy) is 1. The molecule has 0 saturated carbocycles. The van der Waals surface area contributed by atoms with Crippen molar-refractivity contribution in [3.63, 3.8) is 0 Å². The molecule has 1 aromatic heterocycles. The van der Waals surface area contributed by atoms with Crippen LogP contribution in [-0.2, 0) is 11.8 Å². The summed E-state index contributed by atoms with van der Waals surface area (Å²) in [7, 11) is 1.80. The summed E-state index contributed by atoms with van der Waals surface area (Å²) in [5.41, 5.74) is 0.358. The number of nitrogens with zero attached hydrogens (tertiary/aromatic N) is 2. The average molecular weight is 296 g/mol. The Morgan fingerprint density at radius 1 is 1.43 bits per heavy atom. The lowest BCUT2D eigenvalue weighted by molar-refractivity contribution is 0.0940. The molecule has 1 aromatic rings. The summed E-state index contributed by atoms with van der Waals surface area (Å²) in [5, 5.41) is 5.54. The molecule has 1 heterocycles. The molecule has 0 spiro atoms. The summed E-state index contributed by atoms with van der Waals surface area (Å²) in [4.78, 5) is 27.4. The van der Waals surface area contributed by atoms with Crippen molar-refractivity contribution in [1.29, 1.82) is 0 Å². The number of imidazole rings is 1. The van der Waals surface area contributed by atoms with Crippen molar-refractivity contribution in [2.75, 3.05) is 13.2 Å². The Bertz CT molecular complexity index is 471. The molecule has 21 heavy (non-hydrogen) atoms. The highest BCUT2D eigenvalue weighted by Gasteiger charge is 2.17. The van der Waals surface area contributed by atoms with E-state index < -0.39 is 6.09 Å². The summed E-state index contributed by atoms with van der Waals surface area (Å²) in [6.45, 7) is 6.52. The summed E-state index contributed by atoms with van der Waals surface area (Å²) in [6.07, 6.45) is 3.50. The monoisotopic (exact) mass is 296 g/mol. The molecule has 1 rings (SSSR count). The molecule has 2 N–H and O–H groups in total. The lowest BCUT2D eigenvalue weighted by atomic mass is 10.0. The van der Waals surface area contributed by atoms with Gasteiger partial charge in [0.25, 0.3) is 5.91 Å². The number of hydrogen-bond acceptors (Lipinski definition) is 4. The van der Waals surface area contributed by atoms with E-state index in [1.165, 1.54) is 0 Å². The Morgan fingerprint density at radius 2 is 2.14 bits per heavy atom. The first-order valence-electron chi connectivity index (χ1n) is 7.11. The SMILES string of the molecule is CCOC(=O)N[C@@H](CNC(=O)c1cn(C)cn1)CC(C)C. The van der Waals surface area contributed by atoms with Crippen LogP contribution in [0, 0.1) is 5.92 Å². The second kappa shape index (κ2) is 8.28. The Morgan fingerprint density at radius 3 is 2.67 bits per heavy atom. The van der Waals surface area contributed by atoms with Crippen LogP contribution in [0.5, 0.6) is 0 Å². The fourth-order valence-corrected chi connectivity index (χ4v) is 1.94. The van der Waals surface area contributed by atoms with E-state index in [-0.39, 0.29) is 11.9 Å². The summed E-state index contributed by atoms with van der Waals surface area (Å²) in [6, 6.07) is -0.170. The predicted octanol–water partition coefficient (Wildman–Crippen LogP) is 1.31. The zero-order chi connectivity index (χ0) is 15.8. The minimum Gasteiger partial charge on any atom is -0.450 e. The molecule has 0 aliphatic carbocycles. The molecule has 118 valence electrons. The largest absolute Gasteiger partial charge is 0.450 e. The summed E-state index contributed by atoms with van der Waals surface area (Å²) >= 11 is 0. The maximum absolute atomic E-state index is 11.9. The van der Waals surface area contributed by atoms with E-state index in [0.29, 0.717) is 24.8 Å². The van der Waals surface area contributed by atoms with Gasteiger partial charge >= 0.3 is 6.09 Å². The molecule has 1 atom stereocenters. The van der Waals surface area contributed by atoms with E-state index in [2.05, 4.69) is 29.5 Å². The molecular formula is C14H24N4O3. The molecule has 0 aromatic carbocycles. The molecule has 7 nitrogen and oxygen atoms in total. The molecule has 0 aliphatic heterocycles. The molecule has 0 bridgehead atoms. The Hall–Kier alpha value is -2.05. The van der Waals surface area contributed by atoms with Gasteiger partial charge in [-0.1, -0.05) is 13.8 Å². The van der Waals surface area contributed by atoms with Crippen LogP contribution < -0.4 is 10.6 Å². The van der Waals surface area contributed by atoms with E-state index in [4.69, 9.17) is 4.74 Å². The van der Waals surface area contributed by atoms with Gasteiger partial charge in [-0.3, -0.25) is 4.79 Å². The van der Waals surface area contributed by atoms with Crippen LogP contribution in [0.1, 0.15) is 37.7 Å². The van der Waals surface area contributed by atoms with Crippen LogP contribution in [-0.4, -0.2) is 40.7 Å². The molecular weight excluding hydrogens is 272 g/mol. The van der Waals surface area contributed by atoms with Crippen molar-refractivity contribution < 1.29 is 14.3 Å². The Kier molecular flexibility index (Phi) is 6.71. The molecule has 0 unspecified atom stereocenters. The Balaban J connectivity index is 2.52. The first-order valence-corrected chi connectivity index (χ1v) is 7.11. The molecule has 0 aliphatic rings. The number of aromatic nitrogens is 2. The number of carbonyl (C=O) groups is 2. The Labute approximate surface area is 125 Å². The summed E-state index contributed by atoms with van der Waals surface area (Å²) in [5.74, 6) is 0.138. The van der Waals surface area contributed by atoms with Crippen LogP contribution >= 0.6 is 0 Å². The normalized spacial score (nSPS) is 12.0. The minimum absolute atomic E-state index is 0.170. The minimum atomic E-state index is -0.463. The predicted molar refractivity (Wildman–Crippen MR) is 78.9 cm³/mol. The zero-order valence-corrected chi connectivity index (χ0v) is 13.0. The number of rotatable bonds is 7. The van der Waals surface area contributed by atoms with E-state index in [1.54, 1.807) is 31.1 Å². The van der Waals surface area contributed by atoms with Gasteiger partial charge in [0, 0.05) is 25.8 Å². The van der Waals surface area contributed by atoms with Crippen LogP contribution in [0.4, 0.5) is 4.79 Å². The van der Waals surface area contributed by atoms with Crippen molar-refractivity contribution in [3.05, 3.63) is 18.2 Å². The van der Waals surface area contributed by atoms with Gasteiger partial charge < -0.3 is 19.9 Å². The maximum Gasteiger partial charge on any atom is 0.407 e. The summed E-state index contributed by atoms with van der Waals surface area (Å²) < 4.78 is 6.58. The van der Waals surface area contributed by atoms with Gasteiger partial charge in [-0.25, -0.2) is 9.78 Å². The number of aryl methyl sites for hydroxylation is 1. The van der Waals surface area contributed by atoms with Crippen LogP contribution in [0.25, 0.3) is 0 Å².